The van der Waals surface area contributed by atoms with Crippen LogP contribution in [0.1, 0.15) is 43.8 Å². The van der Waals surface area contributed by atoms with Crippen LogP contribution in [0.4, 0.5) is 4.79 Å². The molecule has 3 rings (SSSR count). The zero-order valence-corrected chi connectivity index (χ0v) is 11.6. The molecule has 3 nitrogen and oxygen atoms in total. The predicted molar refractivity (Wildman–Crippen MR) is 74.3 cm³/mol. The Labute approximate surface area is 118 Å². The van der Waals surface area contributed by atoms with Crippen molar-refractivity contribution in [3.8, 4) is 0 Å². The third kappa shape index (κ3) is 2.71. The Morgan fingerprint density at radius 1 is 1.11 bits per heavy atom. The summed E-state index contributed by atoms with van der Waals surface area (Å²) in [6.07, 6.45) is 5.66. The number of amides is 1. The topological polar surface area (TPSA) is 29.5 Å². The number of cyclic esters (lactones) is 1. The molecule has 2 fully saturated rings. The Balaban J connectivity index is 1.70. The maximum atomic E-state index is 12.0. The second-order valence-corrected chi connectivity index (χ2v) is 5.80. The fraction of sp³-hybridized carbons (Fsp3) is 0.533. The smallest absolute Gasteiger partial charge is 0.410 e. The van der Waals surface area contributed by atoms with Gasteiger partial charge in [-0.3, -0.25) is 0 Å². The molecule has 0 radical (unpaired) electrons. The van der Waals surface area contributed by atoms with Crippen LogP contribution >= 0.6 is 11.6 Å². The molecule has 1 atom stereocenters. The highest BCUT2D eigenvalue weighted by molar-refractivity contribution is 6.30. The van der Waals surface area contributed by atoms with Gasteiger partial charge in [0.15, 0.2) is 0 Å². The van der Waals surface area contributed by atoms with E-state index in [0.717, 1.165) is 18.4 Å². The lowest BCUT2D eigenvalue weighted by Crippen LogP contribution is -2.37. The van der Waals surface area contributed by atoms with Crippen molar-refractivity contribution in [2.45, 2.75) is 44.2 Å². The van der Waals surface area contributed by atoms with Gasteiger partial charge in [-0.25, -0.2) is 4.79 Å². The quantitative estimate of drug-likeness (QED) is 0.813. The minimum atomic E-state index is -0.160. The van der Waals surface area contributed by atoms with E-state index in [1.165, 1.54) is 19.3 Å². The van der Waals surface area contributed by atoms with Crippen molar-refractivity contribution in [2.75, 3.05) is 6.54 Å². The lowest BCUT2D eigenvalue weighted by Gasteiger charge is -2.28. The van der Waals surface area contributed by atoms with E-state index in [1.807, 2.05) is 29.2 Å². The molecule has 102 valence electrons. The second kappa shape index (κ2) is 5.41. The SMILES string of the molecule is O=C1OC(c2ccc(Cl)cc2)CN1C1CCCCC1. The van der Waals surface area contributed by atoms with Gasteiger partial charge in [-0.1, -0.05) is 43.0 Å². The first-order valence-corrected chi connectivity index (χ1v) is 7.34. The van der Waals surface area contributed by atoms with E-state index in [1.54, 1.807) is 0 Å². The summed E-state index contributed by atoms with van der Waals surface area (Å²) < 4.78 is 5.50. The summed E-state index contributed by atoms with van der Waals surface area (Å²) in [6, 6.07) is 7.93. The molecule has 19 heavy (non-hydrogen) atoms. The Kier molecular flexibility index (Phi) is 3.65. The molecule has 1 aromatic carbocycles. The normalized spacial score (nSPS) is 24.6. The fourth-order valence-corrected chi connectivity index (χ4v) is 3.15. The first-order chi connectivity index (χ1) is 9.24. The van der Waals surface area contributed by atoms with Crippen molar-refractivity contribution in [1.29, 1.82) is 0 Å². The number of carbonyl (C=O) groups excluding carboxylic acids is 1. The van der Waals surface area contributed by atoms with Crippen molar-refractivity contribution >= 4 is 17.7 Å². The van der Waals surface area contributed by atoms with Gasteiger partial charge in [-0.2, -0.15) is 0 Å². The third-order valence-electron chi connectivity index (χ3n) is 4.10. The largest absolute Gasteiger partial charge is 0.439 e. The van der Waals surface area contributed by atoms with Gasteiger partial charge in [-0.05, 0) is 30.5 Å². The molecule has 1 saturated heterocycles. The van der Waals surface area contributed by atoms with Crippen molar-refractivity contribution in [2.24, 2.45) is 0 Å². The van der Waals surface area contributed by atoms with Gasteiger partial charge in [0.1, 0.15) is 6.10 Å². The molecule has 0 N–H and O–H groups in total. The number of hydrogen-bond donors (Lipinski definition) is 0. The number of ether oxygens (including phenoxy) is 1. The molecule has 0 spiro atoms. The van der Waals surface area contributed by atoms with Crippen molar-refractivity contribution < 1.29 is 9.53 Å². The number of nitrogens with zero attached hydrogens (tertiary/aromatic N) is 1. The average Bonchev–Trinajstić information content (AvgIpc) is 2.83. The van der Waals surface area contributed by atoms with Gasteiger partial charge in [0.25, 0.3) is 0 Å². The molecule has 1 amide bonds. The molecular weight excluding hydrogens is 262 g/mol. The minimum Gasteiger partial charge on any atom is -0.439 e. The second-order valence-electron chi connectivity index (χ2n) is 5.37. The van der Waals surface area contributed by atoms with Crippen LogP contribution in [0.25, 0.3) is 0 Å². The van der Waals surface area contributed by atoms with Crippen molar-refractivity contribution in [1.82, 2.24) is 4.90 Å². The van der Waals surface area contributed by atoms with Crippen LogP contribution in [-0.2, 0) is 4.74 Å². The third-order valence-corrected chi connectivity index (χ3v) is 4.35. The summed E-state index contributed by atoms with van der Waals surface area (Å²) in [5.41, 5.74) is 1.02. The van der Waals surface area contributed by atoms with Gasteiger partial charge < -0.3 is 9.64 Å². The molecule has 4 heteroatoms. The molecule has 0 bridgehead atoms. The van der Waals surface area contributed by atoms with Crippen LogP contribution < -0.4 is 0 Å². The molecule has 1 aromatic rings. The highest BCUT2D eigenvalue weighted by atomic mass is 35.5. The zero-order valence-electron chi connectivity index (χ0n) is 10.8. The van der Waals surface area contributed by atoms with E-state index in [9.17, 15) is 4.79 Å². The summed E-state index contributed by atoms with van der Waals surface area (Å²) >= 11 is 5.88. The average molecular weight is 280 g/mol. The van der Waals surface area contributed by atoms with Gasteiger partial charge in [0.2, 0.25) is 0 Å². The van der Waals surface area contributed by atoms with E-state index >= 15 is 0 Å². The lowest BCUT2D eigenvalue weighted by molar-refractivity contribution is 0.124. The molecule has 1 heterocycles. The Hall–Kier alpha value is -1.22. The minimum absolute atomic E-state index is 0.147. The van der Waals surface area contributed by atoms with Crippen LogP contribution in [0.15, 0.2) is 24.3 Å². The van der Waals surface area contributed by atoms with Crippen LogP contribution in [0, 0.1) is 0 Å². The van der Waals surface area contributed by atoms with Gasteiger partial charge >= 0.3 is 6.09 Å². The first kappa shape index (κ1) is 12.8. The van der Waals surface area contributed by atoms with Gasteiger partial charge in [0.05, 0.1) is 6.54 Å². The lowest BCUT2D eigenvalue weighted by atomic mass is 9.94. The van der Waals surface area contributed by atoms with E-state index in [4.69, 9.17) is 16.3 Å². The summed E-state index contributed by atoms with van der Waals surface area (Å²) in [5, 5.41) is 0.706. The zero-order chi connectivity index (χ0) is 13.2. The monoisotopic (exact) mass is 279 g/mol. The molecule has 1 aliphatic heterocycles. The van der Waals surface area contributed by atoms with Crippen molar-refractivity contribution in [3.63, 3.8) is 0 Å². The molecule has 1 aliphatic carbocycles. The van der Waals surface area contributed by atoms with E-state index < -0.39 is 0 Å². The predicted octanol–water partition coefficient (Wildman–Crippen LogP) is 4.17. The van der Waals surface area contributed by atoms with Crippen LogP contribution in [0.2, 0.25) is 5.02 Å². The summed E-state index contributed by atoms with van der Waals surface area (Å²) in [4.78, 5) is 13.9. The Morgan fingerprint density at radius 3 is 2.47 bits per heavy atom. The number of halogens is 1. The highest BCUT2D eigenvalue weighted by Gasteiger charge is 2.37. The van der Waals surface area contributed by atoms with Gasteiger partial charge in [-0.15, -0.1) is 0 Å². The van der Waals surface area contributed by atoms with E-state index in [-0.39, 0.29) is 12.2 Å². The standard InChI is InChI=1S/C15H18ClNO2/c16-12-8-6-11(7-9-12)14-10-17(15(18)19-14)13-4-2-1-3-5-13/h6-9,13-14H,1-5,10H2. The molecule has 1 saturated carbocycles. The maximum absolute atomic E-state index is 12.0. The van der Waals surface area contributed by atoms with E-state index in [0.29, 0.717) is 17.6 Å². The first-order valence-electron chi connectivity index (χ1n) is 6.97. The summed E-state index contributed by atoms with van der Waals surface area (Å²) in [7, 11) is 0. The molecule has 0 aromatic heterocycles. The molecule has 2 aliphatic rings. The number of hydrogen-bond acceptors (Lipinski definition) is 2. The Bertz CT molecular complexity index is 454. The van der Waals surface area contributed by atoms with Crippen LogP contribution in [-0.4, -0.2) is 23.6 Å². The maximum Gasteiger partial charge on any atom is 0.410 e. The summed E-state index contributed by atoms with van der Waals surface area (Å²) in [5.74, 6) is 0. The van der Waals surface area contributed by atoms with Crippen molar-refractivity contribution in [3.05, 3.63) is 34.9 Å². The Morgan fingerprint density at radius 2 is 1.79 bits per heavy atom. The molecular formula is C15H18ClNO2. The number of benzene rings is 1. The number of rotatable bonds is 2. The fourth-order valence-electron chi connectivity index (χ4n) is 3.02. The number of carbonyl (C=O) groups is 1. The highest BCUT2D eigenvalue weighted by Crippen LogP contribution is 2.32. The van der Waals surface area contributed by atoms with Crippen LogP contribution in [0.3, 0.4) is 0 Å². The van der Waals surface area contributed by atoms with E-state index in [2.05, 4.69) is 0 Å². The summed E-state index contributed by atoms with van der Waals surface area (Å²) in [6.45, 7) is 0.672. The molecule has 1 unspecified atom stereocenters. The van der Waals surface area contributed by atoms with Gasteiger partial charge in [0, 0.05) is 11.1 Å². The van der Waals surface area contributed by atoms with Crippen LogP contribution in [0.5, 0.6) is 0 Å².